The molecule has 0 bridgehead atoms. The second-order valence-corrected chi connectivity index (χ2v) is 9.63. The molecule has 2 saturated heterocycles. The molecular formula is C25H34F3N3O3. The lowest BCUT2D eigenvalue weighted by Crippen LogP contribution is -2.53. The highest BCUT2D eigenvalue weighted by molar-refractivity contribution is 5.95. The number of para-hydroxylation sites is 1. The fraction of sp³-hybridized carbons (Fsp3) is 0.680. The quantitative estimate of drug-likeness (QED) is 0.644. The summed E-state index contributed by atoms with van der Waals surface area (Å²) in [5.74, 6) is -1.57. The number of likely N-dealkylation sites (tertiary alicyclic amines) is 1. The molecule has 34 heavy (non-hydrogen) atoms. The van der Waals surface area contributed by atoms with Crippen molar-refractivity contribution < 1.29 is 27.5 Å². The number of hydrogen-bond acceptors (Lipinski definition) is 4. The van der Waals surface area contributed by atoms with E-state index in [2.05, 4.69) is 4.90 Å². The number of nitrogens with zero attached hydrogens (tertiary/aromatic N) is 3. The number of piperidine rings is 1. The molecule has 6 nitrogen and oxygen atoms in total. The Bertz CT molecular complexity index is 814. The zero-order valence-electron chi connectivity index (χ0n) is 19.5. The third kappa shape index (κ3) is 6.10. The number of ether oxygens (including phenoxy) is 1. The van der Waals surface area contributed by atoms with Crippen molar-refractivity contribution >= 4 is 17.5 Å². The predicted octanol–water partition coefficient (Wildman–Crippen LogP) is 3.71. The van der Waals surface area contributed by atoms with E-state index < -0.39 is 12.1 Å². The SMILES string of the molecule is O=C(CN1CCOCC1)N(c1ccccc1)C1CCN(C(=O)[C@H]2CC[C@H](C(F)(F)F)CC2)CC1. The molecule has 1 aromatic carbocycles. The van der Waals surface area contributed by atoms with Crippen molar-refractivity contribution in [2.24, 2.45) is 11.8 Å². The van der Waals surface area contributed by atoms with Crippen LogP contribution < -0.4 is 4.90 Å². The van der Waals surface area contributed by atoms with Crippen molar-refractivity contribution in [2.75, 3.05) is 50.8 Å². The van der Waals surface area contributed by atoms with Crippen LogP contribution in [0.5, 0.6) is 0 Å². The summed E-state index contributed by atoms with van der Waals surface area (Å²) in [7, 11) is 0. The average molecular weight is 482 g/mol. The predicted molar refractivity (Wildman–Crippen MR) is 122 cm³/mol. The van der Waals surface area contributed by atoms with Crippen LogP contribution in [0.3, 0.4) is 0 Å². The monoisotopic (exact) mass is 481 g/mol. The maximum Gasteiger partial charge on any atom is 0.391 e. The summed E-state index contributed by atoms with van der Waals surface area (Å²) in [6, 6.07) is 9.62. The van der Waals surface area contributed by atoms with Crippen molar-refractivity contribution in [2.45, 2.75) is 50.7 Å². The van der Waals surface area contributed by atoms with E-state index in [1.165, 1.54) is 0 Å². The number of hydrogen-bond donors (Lipinski definition) is 0. The molecule has 1 aliphatic carbocycles. The average Bonchev–Trinajstić information content (AvgIpc) is 2.85. The van der Waals surface area contributed by atoms with Crippen LogP contribution in [0.15, 0.2) is 30.3 Å². The zero-order valence-corrected chi connectivity index (χ0v) is 19.5. The van der Waals surface area contributed by atoms with E-state index >= 15 is 0 Å². The molecule has 2 aliphatic heterocycles. The molecule has 0 unspecified atom stereocenters. The van der Waals surface area contributed by atoms with Crippen LogP contribution in [0, 0.1) is 11.8 Å². The smallest absolute Gasteiger partial charge is 0.379 e. The van der Waals surface area contributed by atoms with Crippen LogP contribution in [0.2, 0.25) is 0 Å². The van der Waals surface area contributed by atoms with E-state index in [0.717, 1.165) is 18.8 Å². The Balaban J connectivity index is 1.35. The topological polar surface area (TPSA) is 53.1 Å². The van der Waals surface area contributed by atoms with Crippen LogP contribution in [-0.4, -0.2) is 79.8 Å². The van der Waals surface area contributed by atoms with Crippen molar-refractivity contribution in [3.05, 3.63) is 30.3 Å². The Morgan fingerprint density at radius 1 is 0.912 bits per heavy atom. The minimum absolute atomic E-state index is 0.0130. The number of amides is 2. The highest BCUT2D eigenvalue weighted by Crippen LogP contribution is 2.40. The summed E-state index contributed by atoms with van der Waals surface area (Å²) in [6.45, 7) is 4.11. The lowest BCUT2D eigenvalue weighted by molar-refractivity contribution is -0.185. The molecule has 3 fully saturated rings. The number of halogens is 3. The second kappa shape index (κ2) is 11.1. The summed E-state index contributed by atoms with van der Waals surface area (Å²) in [5.41, 5.74) is 0.857. The molecule has 0 spiro atoms. The van der Waals surface area contributed by atoms with Gasteiger partial charge >= 0.3 is 6.18 Å². The highest BCUT2D eigenvalue weighted by atomic mass is 19.4. The fourth-order valence-corrected chi connectivity index (χ4v) is 5.44. The van der Waals surface area contributed by atoms with E-state index in [1.54, 1.807) is 4.90 Å². The Morgan fingerprint density at radius 3 is 2.12 bits per heavy atom. The lowest BCUT2D eigenvalue weighted by Gasteiger charge is -2.41. The molecule has 2 amide bonds. The van der Waals surface area contributed by atoms with E-state index in [-0.39, 0.29) is 36.6 Å². The van der Waals surface area contributed by atoms with Crippen LogP contribution in [0.4, 0.5) is 18.9 Å². The van der Waals surface area contributed by atoms with Crippen molar-refractivity contribution in [3.8, 4) is 0 Å². The zero-order chi connectivity index (χ0) is 24.1. The summed E-state index contributed by atoms with van der Waals surface area (Å²) in [4.78, 5) is 32.1. The van der Waals surface area contributed by atoms with Crippen molar-refractivity contribution in [3.63, 3.8) is 0 Å². The summed E-state index contributed by atoms with van der Waals surface area (Å²) in [6.07, 6.45) is -2.17. The number of morpholine rings is 1. The second-order valence-electron chi connectivity index (χ2n) is 9.63. The van der Waals surface area contributed by atoms with E-state index in [9.17, 15) is 22.8 Å². The molecule has 188 valence electrons. The molecule has 0 N–H and O–H groups in total. The van der Waals surface area contributed by atoms with Gasteiger partial charge in [0.05, 0.1) is 25.7 Å². The number of alkyl halides is 3. The largest absolute Gasteiger partial charge is 0.391 e. The van der Waals surface area contributed by atoms with Gasteiger partial charge in [0.25, 0.3) is 0 Å². The molecule has 1 aromatic rings. The van der Waals surface area contributed by atoms with Gasteiger partial charge in [-0.1, -0.05) is 18.2 Å². The maximum absolute atomic E-state index is 13.4. The van der Waals surface area contributed by atoms with Gasteiger partial charge in [0.2, 0.25) is 11.8 Å². The molecule has 0 atom stereocenters. The van der Waals surface area contributed by atoms with E-state index in [0.29, 0.717) is 58.5 Å². The highest BCUT2D eigenvalue weighted by Gasteiger charge is 2.43. The Labute approximate surface area is 199 Å². The van der Waals surface area contributed by atoms with Gasteiger partial charge in [-0.2, -0.15) is 13.2 Å². The van der Waals surface area contributed by atoms with Gasteiger partial charge in [-0.05, 0) is 50.7 Å². The first-order valence-corrected chi connectivity index (χ1v) is 12.4. The van der Waals surface area contributed by atoms with Gasteiger partial charge in [0.15, 0.2) is 0 Å². The van der Waals surface area contributed by atoms with Crippen LogP contribution >= 0.6 is 0 Å². The molecule has 4 rings (SSSR count). The van der Waals surface area contributed by atoms with Gasteiger partial charge in [0, 0.05) is 43.8 Å². The lowest BCUT2D eigenvalue weighted by atomic mass is 9.80. The number of rotatable bonds is 5. The standard InChI is InChI=1S/C25H34F3N3O3/c26-25(27,28)20-8-6-19(7-9-20)24(33)30-12-10-22(11-13-30)31(21-4-2-1-3-5-21)23(32)18-29-14-16-34-17-15-29/h1-5,19-20,22H,6-18H2/t19-,20-. The van der Waals surface area contributed by atoms with E-state index in [4.69, 9.17) is 4.74 Å². The minimum atomic E-state index is -4.17. The van der Waals surface area contributed by atoms with E-state index in [1.807, 2.05) is 35.2 Å². The van der Waals surface area contributed by atoms with Crippen LogP contribution in [-0.2, 0) is 14.3 Å². The third-order valence-electron chi connectivity index (χ3n) is 7.45. The van der Waals surface area contributed by atoms with Crippen molar-refractivity contribution in [1.29, 1.82) is 0 Å². The molecule has 9 heteroatoms. The Morgan fingerprint density at radius 2 is 1.53 bits per heavy atom. The molecule has 2 heterocycles. The summed E-state index contributed by atoms with van der Waals surface area (Å²) < 4.78 is 44.3. The third-order valence-corrected chi connectivity index (χ3v) is 7.45. The number of carbonyl (C=O) groups is 2. The van der Waals surface area contributed by atoms with Gasteiger partial charge < -0.3 is 14.5 Å². The molecule has 0 radical (unpaired) electrons. The number of anilines is 1. The van der Waals surface area contributed by atoms with Crippen LogP contribution in [0.1, 0.15) is 38.5 Å². The molecular weight excluding hydrogens is 447 g/mol. The fourth-order valence-electron chi connectivity index (χ4n) is 5.44. The molecule has 1 saturated carbocycles. The first-order valence-electron chi connectivity index (χ1n) is 12.4. The number of benzene rings is 1. The molecule has 3 aliphatic rings. The minimum Gasteiger partial charge on any atom is -0.379 e. The summed E-state index contributed by atoms with van der Waals surface area (Å²) in [5, 5.41) is 0. The van der Waals surface area contributed by atoms with Gasteiger partial charge in [-0.25, -0.2) is 0 Å². The molecule has 0 aromatic heterocycles. The van der Waals surface area contributed by atoms with Crippen LogP contribution in [0.25, 0.3) is 0 Å². The van der Waals surface area contributed by atoms with Crippen molar-refractivity contribution in [1.82, 2.24) is 9.80 Å². The Kier molecular flexibility index (Phi) is 8.14. The van der Waals surface area contributed by atoms with Gasteiger partial charge in [-0.15, -0.1) is 0 Å². The van der Waals surface area contributed by atoms with Gasteiger partial charge in [-0.3, -0.25) is 14.5 Å². The normalized spacial score (nSPS) is 25.2. The first kappa shape index (κ1) is 25.0. The Hall–Kier alpha value is -2.13. The number of carbonyl (C=O) groups excluding carboxylic acids is 2. The van der Waals surface area contributed by atoms with Gasteiger partial charge in [0.1, 0.15) is 0 Å². The summed E-state index contributed by atoms with van der Waals surface area (Å²) >= 11 is 0. The maximum atomic E-state index is 13.4. The first-order chi connectivity index (χ1) is 16.3.